The van der Waals surface area contributed by atoms with Gasteiger partial charge in [0.1, 0.15) is 0 Å². The normalized spacial score (nSPS) is 12.8. The maximum absolute atomic E-state index is 12.3. The predicted molar refractivity (Wildman–Crippen MR) is 52.1 cm³/mol. The Bertz CT molecular complexity index is 451. The van der Waals surface area contributed by atoms with Crippen LogP contribution < -0.4 is 0 Å². The fraction of sp³-hybridized carbons (Fsp3) is 0.250. The molecule has 0 aromatic heterocycles. The second-order valence-corrected chi connectivity index (χ2v) is 6.68. The molecule has 15 heavy (non-hydrogen) atoms. The van der Waals surface area contributed by atoms with Crippen molar-refractivity contribution in [1.82, 2.24) is 0 Å². The van der Waals surface area contributed by atoms with Gasteiger partial charge in [0.25, 0.3) is 0 Å². The maximum atomic E-state index is 12.3. The van der Waals surface area contributed by atoms with Crippen molar-refractivity contribution in [1.29, 1.82) is 0 Å². The van der Waals surface area contributed by atoms with Crippen LogP contribution in [0.25, 0.3) is 0 Å². The largest absolute Gasteiger partial charge is 0.416 e. The highest BCUT2D eigenvalue weighted by molar-refractivity contribution is 8.71. The van der Waals surface area contributed by atoms with Crippen molar-refractivity contribution in [2.24, 2.45) is 0 Å². The third-order valence-corrected chi connectivity index (χ3v) is 4.83. The van der Waals surface area contributed by atoms with Gasteiger partial charge in [-0.3, -0.25) is 0 Å². The molecule has 0 aliphatic heterocycles. The summed E-state index contributed by atoms with van der Waals surface area (Å²) in [6.45, 7) is 0. The molecular formula is C8H7F3O2S2. The van der Waals surface area contributed by atoms with Gasteiger partial charge in [0.15, 0.2) is 0 Å². The Kier molecular flexibility index (Phi) is 3.34. The Morgan fingerprint density at radius 2 is 1.87 bits per heavy atom. The first-order valence-corrected chi connectivity index (χ1v) is 6.98. The highest BCUT2D eigenvalue weighted by Gasteiger charge is 2.31. The summed E-state index contributed by atoms with van der Waals surface area (Å²) < 4.78 is 59.3. The van der Waals surface area contributed by atoms with Gasteiger partial charge in [0.05, 0.1) is 10.5 Å². The van der Waals surface area contributed by atoms with Crippen molar-refractivity contribution in [3.05, 3.63) is 29.8 Å². The van der Waals surface area contributed by atoms with Crippen LogP contribution in [0.15, 0.2) is 29.2 Å². The number of alkyl halides is 3. The van der Waals surface area contributed by atoms with Crippen molar-refractivity contribution < 1.29 is 21.6 Å². The molecule has 0 atom stereocenters. The molecule has 0 radical (unpaired) electrons. The molecule has 1 aromatic rings. The van der Waals surface area contributed by atoms with Gasteiger partial charge in [0.2, 0.25) is 8.87 Å². The fourth-order valence-corrected chi connectivity index (χ4v) is 2.52. The standard InChI is InChI=1S/C8H7F3O2S2/c1-14-15(12,13)7-4-2-3-6(5-7)8(9,10)11/h2-5H,1H3. The molecule has 2 nitrogen and oxygen atoms in total. The van der Waals surface area contributed by atoms with Crippen molar-refractivity contribution in [3.8, 4) is 0 Å². The van der Waals surface area contributed by atoms with Crippen LogP contribution in [-0.2, 0) is 15.0 Å². The van der Waals surface area contributed by atoms with Gasteiger partial charge in [-0.1, -0.05) is 6.07 Å². The SMILES string of the molecule is CSS(=O)(=O)c1cccc(C(F)(F)F)c1. The monoisotopic (exact) mass is 256 g/mol. The highest BCUT2D eigenvalue weighted by Crippen LogP contribution is 2.31. The van der Waals surface area contributed by atoms with E-state index in [0.717, 1.165) is 18.2 Å². The highest BCUT2D eigenvalue weighted by atomic mass is 33.1. The average molecular weight is 256 g/mol. The topological polar surface area (TPSA) is 34.1 Å². The molecule has 0 spiro atoms. The minimum absolute atomic E-state index is 0.329. The maximum Gasteiger partial charge on any atom is 0.416 e. The Labute approximate surface area is 88.8 Å². The van der Waals surface area contributed by atoms with E-state index < -0.39 is 20.6 Å². The third-order valence-electron chi connectivity index (χ3n) is 1.67. The molecule has 0 bridgehead atoms. The van der Waals surface area contributed by atoms with Gasteiger partial charge in [-0.15, -0.1) is 0 Å². The van der Waals surface area contributed by atoms with Crippen LogP contribution in [0.1, 0.15) is 5.56 Å². The van der Waals surface area contributed by atoms with E-state index in [4.69, 9.17) is 0 Å². The molecule has 0 aliphatic rings. The van der Waals surface area contributed by atoms with Crippen LogP contribution >= 0.6 is 10.8 Å². The minimum atomic E-state index is -4.52. The van der Waals surface area contributed by atoms with Crippen molar-refractivity contribution in [2.75, 3.05) is 6.26 Å². The molecule has 0 amide bonds. The molecule has 0 aliphatic carbocycles. The Hall–Kier alpha value is -0.690. The number of hydrogen-bond donors (Lipinski definition) is 0. The molecule has 1 aromatic carbocycles. The summed E-state index contributed by atoms with van der Waals surface area (Å²) in [5.41, 5.74) is -0.961. The first kappa shape index (κ1) is 12.4. The molecule has 0 saturated carbocycles. The van der Waals surface area contributed by atoms with Crippen LogP contribution in [0.2, 0.25) is 0 Å². The zero-order chi connectivity index (χ0) is 11.7. The van der Waals surface area contributed by atoms with Gasteiger partial charge >= 0.3 is 6.18 Å². The van der Waals surface area contributed by atoms with Gasteiger partial charge in [-0.05, 0) is 35.2 Å². The molecule has 0 N–H and O–H groups in total. The summed E-state index contributed by atoms with van der Waals surface area (Å²) in [5, 5.41) is 0. The van der Waals surface area contributed by atoms with E-state index in [1.165, 1.54) is 6.26 Å². The van der Waals surface area contributed by atoms with Gasteiger partial charge in [-0.25, -0.2) is 8.42 Å². The van der Waals surface area contributed by atoms with E-state index in [0.29, 0.717) is 16.9 Å². The molecule has 0 saturated heterocycles. The van der Waals surface area contributed by atoms with E-state index in [1.54, 1.807) is 0 Å². The lowest BCUT2D eigenvalue weighted by Crippen LogP contribution is -2.06. The molecule has 0 unspecified atom stereocenters. The summed E-state index contributed by atoms with van der Waals surface area (Å²) in [6, 6.07) is 3.68. The van der Waals surface area contributed by atoms with E-state index >= 15 is 0 Å². The van der Waals surface area contributed by atoms with Gasteiger partial charge in [0, 0.05) is 0 Å². The Morgan fingerprint density at radius 1 is 1.27 bits per heavy atom. The lowest BCUT2D eigenvalue weighted by atomic mass is 10.2. The Balaban J connectivity index is 3.27. The molecule has 1 rings (SSSR count). The summed E-state index contributed by atoms with van der Waals surface area (Å²) >= 11 is 0. The van der Waals surface area contributed by atoms with E-state index in [-0.39, 0.29) is 4.90 Å². The van der Waals surface area contributed by atoms with E-state index in [9.17, 15) is 21.6 Å². The second kappa shape index (κ2) is 4.05. The van der Waals surface area contributed by atoms with Crippen LogP contribution in [0, 0.1) is 0 Å². The number of hydrogen-bond acceptors (Lipinski definition) is 3. The summed E-state index contributed by atoms with van der Waals surface area (Å²) in [7, 11) is -3.16. The lowest BCUT2D eigenvalue weighted by Gasteiger charge is -2.07. The van der Waals surface area contributed by atoms with Crippen LogP contribution in [-0.4, -0.2) is 14.7 Å². The lowest BCUT2D eigenvalue weighted by molar-refractivity contribution is -0.137. The van der Waals surface area contributed by atoms with Crippen molar-refractivity contribution in [2.45, 2.75) is 11.1 Å². The number of halogens is 3. The minimum Gasteiger partial charge on any atom is -0.212 e. The summed E-state index contributed by atoms with van der Waals surface area (Å²) in [5.74, 6) is 0. The molecule has 84 valence electrons. The van der Waals surface area contributed by atoms with E-state index in [1.807, 2.05) is 0 Å². The first-order chi connectivity index (χ1) is 6.77. The predicted octanol–water partition coefficient (Wildman–Crippen LogP) is 2.76. The summed E-state index contributed by atoms with van der Waals surface area (Å²) in [6.07, 6.45) is -3.22. The third kappa shape index (κ3) is 2.88. The van der Waals surface area contributed by atoms with Crippen LogP contribution in [0.5, 0.6) is 0 Å². The van der Waals surface area contributed by atoms with Crippen LogP contribution in [0.3, 0.4) is 0 Å². The fourth-order valence-electron chi connectivity index (χ4n) is 0.924. The van der Waals surface area contributed by atoms with Gasteiger partial charge < -0.3 is 0 Å². The molecule has 0 heterocycles. The van der Waals surface area contributed by atoms with Crippen LogP contribution in [0.4, 0.5) is 13.2 Å². The first-order valence-electron chi connectivity index (χ1n) is 3.75. The summed E-state index contributed by atoms with van der Waals surface area (Å²) in [4.78, 5) is -0.329. The quantitative estimate of drug-likeness (QED) is 0.763. The number of benzene rings is 1. The zero-order valence-electron chi connectivity index (χ0n) is 7.58. The second-order valence-electron chi connectivity index (χ2n) is 2.65. The molecular weight excluding hydrogens is 249 g/mol. The van der Waals surface area contributed by atoms with Crippen molar-refractivity contribution in [3.63, 3.8) is 0 Å². The van der Waals surface area contributed by atoms with Crippen molar-refractivity contribution >= 4 is 19.7 Å². The number of rotatable bonds is 2. The smallest absolute Gasteiger partial charge is 0.212 e. The average Bonchev–Trinajstić information content (AvgIpc) is 2.17. The zero-order valence-corrected chi connectivity index (χ0v) is 9.21. The molecule has 0 fully saturated rings. The Morgan fingerprint density at radius 3 is 2.33 bits per heavy atom. The van der Waals surface area contributed by atoms with E-state index in [2.05, 4.69) is 0 Å². The molecule has 7 heteroatoms. The van der Waals surface area contributed by atoms with Gasteiger partial charge in [-0.2, -0.15) is 13.2 Å².